The van der Waals surface area contributed by atoms with Crippen molar-refractivity contribution in [2.24, 2.45) is 0 Å². The van der Waals surface area contributed by atoms with Crippen LogP contribution in [0.4, 0.5) is 0 Å². The van der Waals surface area contributed by atoms with Crippen molar-refractivity contribution in [3.05, 3.63) is 296 Å². The molecule has 0 fully saturated rings. The third-order valence-electron chi connectivity index (χ3n) is 16.8. The number of allylic oxidation sites excluding steroid dienone is 2. The first-order valence-electron chi connectivity index (χ1n) is 28.2. The summed E-state index contributed by atoms with van der Waals surface area (Å²) in [5, 5.41) is 16.4. The molecule has 0 radical (unpaired) electrons. The number of hydrogen-bond acceptors (Lipinski definition) is 4. The number of para-hydroxylation sites is 1. The van der Waals surface area contributed by atoms with Crippen LogP contribution in [-0.2, 0) is 0 Å². The predicted octanol–water partition coefficient (Wildman–Crippen LogP) is 19.2. The van der Waals surface area contributed by atoms with Gasteiger partial charge in [-0.2, -0.15) is 5.26 Å². The van der Waals surface area contributed by atoms with Gasteiger partial charge < -0.3 is 13.9 Å². The Balaban J connectivity index is 0.980. The van der Waals surface area contributed by atoms with Crippen LogP contribution in [-0.4, -0.2) is 25.2 Å². The summed E-state index contributed by atoms with van der Waals surface area (Å²) in [7, 11) is 0. The number of rotatable bonds is 9. The van der Waals surface area contributed by atoms with Gasteiger partial charge in [0.05, 0.1) is 50.6 Å². The molecule has 1 aliphatic carbocycles. The lowest BCUT2D eigenvalue weighted by atomic mass is 9.82. The number of nitriles is 1. The molecule has 11 aromatic carbocycles. The Kier molecular flexibility index (Phi) is 11.3. The molecule has 16 rings (SSSR count). The van der Waals surface area contributed by atoms with E-state index in [0.717, 1.165) is 133 Å². The molecule has 0 saturated heterocycles. The normalized spacial score (nSPS) is 14.6. The lowest BCUT2D eigenvalue weighted by Gasteiger charge is -2.30. The number of aromatic nitrogens is 4. The van der Waals surface area contributed by atoms with Gasteiger partial charge >= 0.3 is 0 Å². The fraction of sp³-hybridized carbons (Fsp3) is 0.0260. The van der Waals surface area contributed by atoms with E-state index < -0.39 is 12.0 Å². The quantitative estimate of drug-likeness (QED) is 0.144. The average molecular weight is 1060 g/mol. The molecular formula is C77H49N5O. The number of ether oxygens (including phenoxy) is 1. The van der Waals surface area contributed by atoms with E-state index in [9.17, 15) is 5.26 Å². The van der Waals surface area contributed by atoms with Crippen molar-refractivity contribution >= 4 is 55.0 Å². The van der Waals surface area contributed by atoms with Gasteiger partial charge in [-0.3, -0.25) is 0 Å². The van der Waals surface area contributed by atoms with Gasteiger partial charge in [0.1, 0.15) is 17.9 Å². The maximum Gasteiger partial charge on any atom is 0.160 e. The van der Waals surface area contributed by atoms with Crippen molar-refractivity contribution in [1.29, 1.82) is 5.26 Å². The van der Waals surface area contributed by atoms with Gasteiger partial charge in [-0.15, -0.1) is 0 Å². The van der Waals surface area contributed by atoms with Gasteiger partial charge in [0.25, 0.3) is 0 Å². The van der Waals surface area contributed by atoms with Gasteiger partial charge in [-0.25, -0.2) is 9.97 Å². The monoisotopic (exact) mass is 1060 g/mol. The molecule has 3 aromatic heterocycles. The van der Waals surface area contributed by atoms with Gasteiger partial charge in [0.15, 0.2) is 5.82 Å². The molecule has 2 aliphatic rings. The first kappa shape index (κ1) is 47.8. The van der Waals surface area contributed by atoms with Crippen LogP contribution < -0.4 is 4.74 Å². The standard InChI is InChI=1S/C77H49N5O/c78-48-65-72(81-68-38-34-55(49-20-7-1-8-21-49)42-61(68)62-43-56(35-39-69(62)81)50-22-9-2-10-23-50)47-73(82-70-40-36-57(51-24-11-3-12-25-51)44-63(70)64-45-58(37-41-71(64)82)52-26-13-4-14-27-52)74-60-33-19-32-59(75(60)83-76(65)74)67-46-66(53-28-15-5-16-29-53)79-77(80-67)54-30-17-6-18-31-54/h1-47,74,76H/t74?,76-/m1/s1. The zero-order valence-electron chi connectivity index (χ0n) is 44.9. The third kappa shape index (κ3) is 8.01. The van der Waals surface area contributed by atoms with E-state index in [2.05, 4.69) is 252 Å². The fourth-order valence-electron chi connectivity index (χ4n) is 12.9. The lowest BCUT2D eigenvalue weighted by Crippen LogP contribution is -2.28. The Morgan fingerprint density at radius 2 is 0.759 bits per heavy atom. The van der Waals surface area contributed by atoms with Crippen LogP contribution in [0.2, 0.25) is 0 Å². The molecular weight excluding hydrogens is 1010 g/mol. The molecule has 0 bridgehead atoms. The molecule has 0 spiro atoms. The molecule has 0 amide bonds. The summed E-state index contributed by atoms with van der Waals surface area (Å²) in [6.45, 7) is 0. The topological polar surface area (TPSA) is 68.7 Å². The summed E-state index contributed by atoms with van der Waals surface area (Å²) in [4.78, 5) is 10.5. The highest BCUT2D eigenvalue weighted by atomic mass is 16.5. The minimum atomic E-state index is -0.727. The lowest BCUT2D eigenvalue weighted by molar-refractivity contribution is 0.263. The highest BCUT2D eigenvalue weighted by Gasteiger charge is 2.46. The summed E-state index contributed by atoms with van der Waals surface area (Å²) in [5.74, 6) is 0.888. The van der Waals surface area contributed by atoms with E-state index in [0.29, 0.717) is 17.1 Å². The van der Waals surface area contributed by atoms with E-state index in [1.54, 1.807) is 0 Å². The highest BCUT2D eigenvalue weighted by Crippen LogP contribution is 2.56. The van der Waals surface area contributed by atoms with E-state index in [4.69, 9.17) is 14.7 Å². The van der Waals surface area contributed by atoms with Crippen LogP contribution in [0.15, 0.2) is 291 Å². The molecule has 0 N–H and O–H groups in total. The second-order valence-electron chi connectivity index (χ2n) is 21.5. The zero-order chi connectivity index (χ0) is 55.0. The minimum Gasteiger partial charge on any atom is -0.483 e. The molecule has 1 unspecified atom stereocenters. The van der Waals surface area contributed by atoms with E-state index in [1.807, 2.05) is 48.5 Å². The largest absolute Gasteiger partial charge is 0.483 e. The van der Waals surface area contributed by atoms with E-state index in [-0.39, 0.29) is 0 Å². The SMILES string of the molecule is N#CC1=C(n2c3ccc(-c4ccccc4)cc3c3cc(-c4ccccc4)ccc32)C=C(n2c3ccc(-c4ccccc4)cc3c3cc(-c4ccccc4)ccc32)C2c3cccc(-c4cc(-c5ccccc5)nc(-c5ccccc5)n4)c3O[C@H]12. The first-order valence-corrected chi connectivity index (χ1v) is 28.2. The maximum atomic E-state index is 12.0. The third-order valence-corrected chi connectivity index (χ3v) is 16.8. The van der Waals surface area contributed by atoms with Crippen LogP contribution in [0, 0.1) is 11.3 Å². The van der Waals surface area contributed by atoms with Gasteiger partial charge in [-0.05, 0) is 111 Å². The maximum absolute atomic E-state index is 12.0. The van der Waals surface area contributed by atoms with Crippen LogP contribution in [0.5, 0.6) is 5.75 Å². The molecule has 83 heavy (non-hydrogen) atoms. The number of benzene rings is 11. The average Bonchev–Trinajstić information content (AvgIpc) is 2.12. The molecule has 1 aliphatic heterocycles. The molecule has 2 atom stereocenters. The summed E-state index contributed by atoms with van der Waals surface area (Å²) in [6, 6.07) is 101. The number of nitrogens with zero attached hydrogens (tertiary/aromatic N) is 5. The Labute approximate surface area is 480 Å². The highest BCUT2D eigenvalue weighted by molar-refractivity contribution is 6.15. The summed E-state index contributed by atoms with van der Waals surface area (Å²) >= 11 is 0. The second-order valence-corrected chi connectivity index (χ2v) is 21.5. The smallest absolute Gasteiger partial charge is 0.160 e. The van der Waals surface area contributed by atoms with Gasteiger partial charge in [0.2, 0.25) is 0 Å². The zero-order valence-corrected chi connectivity index (χ0v) is 44.9. The van der Waals surface area contributed by atoms with Crippen LogP contribution in [0.3, 0.4) is 0 Å². The Morgan fingerprint density at radius 1 is 0.361 bits per heavy atom. The van der Waals surface area contributed by atoms with Crippen LogP contribution >= 0.6 is 0 Å². The molecule has 0 saturated carbocycles. The van der Waals surface area contributed by atoms with Crippen LogP contribution in [0.1, 0.15) is 11.5 Å². The molecule has 388 valence electrons. The summed E-state index contributed by atoms with van der Waals surface area (Å²) < 4.78 is 12.4. The van der Waals surface area contributed by atoms with E-state index >= 15 is 0 Å². The van der Waals surface area contributed by atoms with E-state index in [1.165, 1.54) is 0 Å². The number of fused-ring (bicyclic) bond motifs is 9. The second kappa shape index (κ2) is 19.6. The molecule has 6 nitrogen and oxygen atoms in total. The molecule has 6 heteroatoms. The van der Waals surface area contributed by atoms with Crippen molar-refractivity contribution in [3.63, 3.8) is 0 Å². The first-order chi connectivity index (χ1) is 41.1. The van der Waals surface area contributed by atoms with Crippen molar-refractivity contribution in [2.75, 3.05) is 0 Å². The molecule has 4 heterocycles. The van der Waals surface area contributed by atoms with Crippen molar-refractivity contribution in [3.8, 4) is 90.2 Å². The summed E-state index contributed by atoms with van der Waals surface area (Å²) in [6.07, 6.45) is 1.57. The van der Waals surface area contributed by atoms with Crippen LogP contribution in [0.25, 0.3) is 133 Å². The van der Waals surface area contributed by atoms with Crippen molar-refractivity contribution in [1.82, 2.24) is 19.1 Å². The summed E-state index contributed by atoms with van der Waals surface area (Å²) in [5.41, 5.74) is 20.7. The predicted molar refractivity (Wildman–Crippen MR) is 339 cm³/mol. The Morgan fingerprint density at radius 3 is 1.19 bits per heavy atom. The van der Waals surface area contributed by atoms with Crippen molar-refractivity contribution < 1.29 is 4.74 Å². The fourth-order valence-corrected chi connectivity index (χ4v) is 12.9. The minimum absolute atomic E-state index is 0.420. The van der Waals surface area contributed by atoms with Crippen molar-refractivity contribution in [2.45, 2.75) is 12.0 Å². The van der Waals surface area contributed by atoms with Gasteiger partial charge in [-0.1, -0.05) is 218 Å². The number of hydrogen-bond donors (Lipinski definition) is 0. The Hall–Kier alpha value is -11.1. The van der Waals surface area contributed by atoms with Gasteiger partial charge in [0, 0.05) is 49.5 Å². The Bertz CT molecular complexity index is 4730. The molecule has 14 aromatic rings.